The molecule has 3 rings (SSSR count). The summed E-state index contributed by atoms with van der Waals surface area (Å²) in [5, 5.41) is 11.9. The number of carboxylic acids is 1. The van der Waals surface area contributed by atoms with E-state index in [0.717, 1.165) is 17.0 Å². The van der Waals surface area contributed by atoms with Gasteiger partial charge in [-0.2, -0.15) is 0 Å². The maximum atomic E-state index is 12.6. The quantitative estimate of drug-likeness (QED) is 0.870. The zero-order chi connectivity index (χ0) is 18.7. The van der Waals surface area contributed by atoms with Crippen LogP contribution in [-0.4, -0.2) is 52.2 Å². The number of hydrogen-bond acceptors (Lipinski definition) is 5. The largest absolute Gasteiger partial charge is 0.479 e. The molecule has 1 aromatic heterocycles. The van der Waals surface area contributed by atoms with Crippen LogP contribution in [0.25, 0.3) is 10.6 Å². The zero-order valence-electron chi connectivity index (χ0n) is 14.8. The highest BCUT2D eigenvalue weighted by molar-refractivity contribution is 7.13. The minimum absolute atomic E-state index is 0.0774. The molecule has 1 fully saturated rings. The van der Waals surface area contributed by atoms with Crippen molar-refractivity contribution in [1.82, 2.24) is 9.88 Å². The van der Waals surface area contributed by atoms with Crippen LogP contribution in [0.15, 0.2) is 29.6 Å². The Kier molecular flexibility index (Phi) is 5.68. The Balaban J connectivity index is 1.66. The molecule has 2 atom stereocenters. The van der Waals surface area contributed by atoms with Crippen molar-refractivity contribution in [3.05, 3.63) is 40.9 Å². The number of amides is 1. The van der Waals surface area contributed by atoms with Gasteiger partial charge in [0.05, 0.1) is 24.8 Å². The molecular weight excluding hydrogens is 352 g/mol. The third-order valence-electron chi connectivity index (χ3n) is 4.38. The van der Waals surface area contributed by atoms with E-state index in [1.165, 1.54) is 16.9 Å². The number of aliphatic carboxylic acids is 1. The Labute approximate surface area is 156 Å². The summed E-state index contributed by atoms with van der Waals surface area (Å²) in [5.41, 5.74) is 3.02. The summed E-state index contributed by atoms with van der Waals surface area (Å²) in [4.78, 5) is 29.8. The fourth-order valence-corrected chi connectivity index (χ4v) is 3.79. The monoisotopic (exact) mass is 374 g/mol. The van der Waals surface area contributed by atoms with E-state index in [1.807, 2.05) is 17.5 Å². The molecule has 1 saturated heterocycles. The highest BCUT2D eigenvalue weighted by Crippen LogP contribution is 2.25. The first-order valence-corrected chi connectivity index (χ1v) is 9.54. The molecule has 138 valence electrons. The van der Waals surface area contributed by atoms with Crippen LogP contribution in [0.5, 0.6) is 0 Å². The molecule has 1 aliphatic heterocycles. The topological polar surface area (TPSA) is 79.7 Å². The fourth-order valence-electron chi connectivity index (χ4n) is 2.96. The van der Waals surface area contributed by atoms with Gasteiger partial charge in [0.2, 0.25) is 5.91 Å². The molecule has 0 spiro atoms. The fraction of sp³-hybridized carbons (Fsp3) is 0.421. The minimum atomic E-state index is -1.04. The molecule has 0 saturated carbocycles. The molecule has 2 aromatic rings. The summed E-state index contributed by atoms with van der Waals surface area (Å²) >= 11 is 1.51. The molecule has 7 heteroatoms. The third kappa shape index (κ3) is 4.28. The first-order valence-electron chi connectivity index (χ1n) is 8.66. The van der Waals surface area contributed by atoms with Crippen molar-refractivity contribution >= 4 is 23.2 Å². The second-order valence-electron chi connectivity index (χ2n) is 6.44. The third-order valence-corrected chi connectivity index (χ3v) is 5.32. The van der Waals surface area contributed by atoms with Crippen LogP contribution < -0.4 is 0 Å². The molecule has 1 aliphatic rings. The number of ether oxygens (including phenoxy) is 1. The molecule has 0 bridgehead atoms. The van der Waals surface area contributed by atoms with E-state index in [-0.39, 0.29) is 25.0 Å². The van der Waals surface area contributed by atoms with E-state index in [0.29, 0.717) is 12.2 Å². The Morgan fingerprint density at radius 1 is 1.31 bits per heavy atom. The molecule has 0 radical (unpaired) electrons. The van der Waals surface area contributed by atoms with E-state index in [2.05, 4.69) is 24.0 Å². The molecule has 26 heavy (non-hydrogen) atoms. The average Bonchev–Trinajstić information content (AvgIpc) is 3.09. The number of carbonyl (C=O) groups is 2. The van der Waals surface area contributed by atoms with Crippen LogP contribution in [0.1, 0.15) is 25.1 Å². The first kappa shape index (κ1) is 18.5. The van der Waals surface area contributed by atoms with Gasteiger partial charge in [-0.25, -0.2) is 9.78 Å². The van der Waals surface area contributed by atoms with Crippen molar-refractivity contribution in [2.45, 2.75) is 38.9 Å². The average molecular weight is 374 g/mol. The highest BCUT2D eigenvalue weighted by Gasteiger charge is 2.32. The van der Waals surface area contributed by atoms with Gasteiger partial charge in [-0.3, -0.25) is 4.79 Å². The smallest absolute Gasteiger partial charge is 0.334 e. The number of carboxylic acid groups (broad SMARTS) is 1. The molecule has 0 aliphatic carbocycles. The van der Waals surface area contributed by atoms with Crippen molar-refractivity contribution in [2.75, 3.05) is 13.1 Å². The van der Waals surface area contributed by atoms with E-state index in [4.69, 9.17) is 9.84 Å². The Morgan fingerprint density at radius 3 is 2.69 bits per heavy atom. The van der Waals surface area contributed by atoms with Crippen LogP contribution in [-0.2, 0) is 27.2 Å². The standard InChI is InChI=1S/C19H22N2O4S/c1-3-13-4-6-14(7-5-13)18-20-15(11-26-18)8-17(22)21-9-12(2)25-16(10-21)19(23)24/h4-7,11-12,16H,3,8-10H2,1-2H3,(H,23,24)/t12-,16?/m1/s1. The highest BCUT2D eigenvalue weighted by atomic mass is 32.1. The number of rotatable bonds is 5. The van der Waals surface area contributed by atoms with Crippen molar-refractivity contribution in [3.8, 4) is 10.6 Å². The van der Waals surface area contributed by atoms with E-state index >= 15 is 0 Å². The summed E-state index contributed by atoms with van der Waals surface area (Å²) in [7, 11) is 0. The molecule has 1 N–H and O–H groups in total. The number of aryl methyl sites for hydroxylation is 1. The van der Waals surface area contributed by atoms with Crippen molar-refractivity contribution in [2.24, 2.45) is 0 Å². The molecule has 6 nitrogen and oxygen atoms in total. The lowest BCUT2D eigenvalue weighted by atomic mass is 10.1. The van der Waals surface area contributed by atoms with Gasteiger partial charge < -0.3 is 14.7 Å². The lowest BCUT2D eigenvalue weighted by Gasteiger charge is -2.34. The molecule has 1 aromatic carbocycles. The Hall–Kier alpha value is -2.25. The number of morpholine rings is 1. The van der Waals surface area contributed by atoms with E-state index in [1.54, 1.807) is 11.8 Å². The Bertz CT molecular complexity index is 787. The van der Waals surface area contributed by atoms with Gasteiger partial charge in [-0.1, -0.05) is 31.2 Å². The maximum absolute atomic E-state index is 12.6. The molecule has 1 unspecified atom stereocenters. The van der Waals surface area contributed by atoms with Gasteiger partial charge in [0.25, 0.3) is 0 Å². The number of carbonyl (C=O) groups excluding carboxylic acids is 1. The predicted molar refractivity (Wildman–Crippen MR) is 99.2 cm³/mol. The number of aromatic nitrogens is 1. The van der Waals surface area contributed by atoms with Crippen LogP contribution in [0, 0.1) is 0 Å². The molecule has 2 heterocycles. The number of nitrogens with zero attached hydrogens (tertiary/aromatic N) is 2. The maximum Gasteiger partial charge on any atom is 0.334 e. The van der Waals surface area contributed by atoms with E-state index in [9.17, 15) is 9.59 Å². The van der Waals surface area contributed by atoms with Gasteiger partial charge >= 0.3 is 5.97 Å². The summed E-state index contributed by atoms with van der Waals surface area (Å²) in [6.07, 6.45) is -0.0989. The van der Waals surface area contributed by atoms with Gasteiger partial charge in [0.15, 0.2) is 6.10 Å². The summed E-state index contributed by atoms with van der Waals surface area (Å²) in [5.74, 6) is -1.16. The van der Waals surface area contributed by atoms with Crippen molar-refractivity contribution in [3.63, 3.8) is 0 Å². The van der Waals surface area contributed by atoms with Crippen LogP contribution in [0.3, 0.4) is 0 Å². The lowest BCUT2D eigenvalue weighted by Crippen LogP contribution is -2.52. The SMILES string of the molecule is CCc1ccc(-c2nc(CC(=O)N3CC(C(=O)O)O[C@H](C)C3)cs2)cc1. The van der Waals surface area contributed by atoms with Crippen LogP contribution in [0.2, 0.25) is 0 Å². The molecular formula is C19H22N2O4S. The normalized spacial score (nSPS) is 20.2. The summed E-state index contributed by atoms with van der Waals surface area (Å²) in [6.45, 7) is 4.37. The number of benzene rings is 1. The second-order valence-corrected chi connectivity index (χ2v) is 7.30. The minimum Gasteiger partial charge on any atom is -0.479 e. The first-order chi connectivity index (χ1) is 12.5. The van der Waals surface area contributed by atoms with Gasteiger partial charge in [0, 0.05) is 17.5 Å². The summed E-state index contributed by atoms with van der Waals surface area (Å²) in [6, 6.07) is 8.26. The van der Waals surface area contributed by atoms with Crippen LogP contribution in [0.4, 0.5) is 0 Å². The predicted octanol–water partition coefficient (Wildman–Crippen LogP) is 2.62. The van der Waals surface area contributed by atoms with Crippen molar-refractivity contribution in [1.29, 1.82) is 0 Å². The van der Waals surface area contributed by atoms with Crippen LogP contribution >= 0.6 is 11.3 Å². The second kappa shape index (κ2) is 7.97. The molecule has 1 amide bonds. The lowest BCUT2D eigenvalue weighted by molar-refractivity contribution is -0.166. The number of hydrogen-bond donors (Lipinski definition) is 1. The van der Waals surface area contributed by atoms with Gasteiger partial charge in [-0.15, -0.1) is 11.3 Å². The number of thiazole rings is 1. The van der Waals surface area contributed by atoms with Crippen molar-refractivity contribution < 1.29 is 19.4 Å². The van der Waals surface area contributed by atoms with Gasteiger partial charge in [0.1, 0.15) is 5.01 Å². The van der Waals surface area contributed by atoms with Gasteiger partial charge in [-0.05, 0) is 18.9 Å². The van der Waals surface area contributed by atoms with E-state index < -0.39 is 12.1 Å². The Morgan fingerprint density at radius 2 is 2.04 bits per heavy atom. The zero-order valence-corrected chi connectivity index (χ0v) is 15.7. The summed E-state index contributed by atoms with van der Waals surface area (Å²) < 4.78 is 5.35.